The van der Waals surface area contributed by atoms with Crippen molar-refractivity contribution < 1.29 is 4.42 Å². The Morgan fingerprint density at radius 1 is 0.821 bits per heavy atom. The first-order chi connectivity index (χ1) is 13.7. The van der Waals surface area contributed by atoms with Crippen molar-refractivity contribution in [3.05, 3.63) is 84.5 Å². The lowest BCUT2D eigenvalue weighted by molar-refractivity contribution is 0.561. The van der Waals surface area contributed by atoms with E-state index in [0.717, 1.165) is 44.9 Å². The third-order valence-electron chi connectivity index (χ3n) is 4.88. The zero-order valence-corrected chi connectivity index (χ0v) is 15.6. The van der Waals surface area contributed by atoms with Gasteiger partial charge in [-0.2, -0.15) is 0 Å². The molecule has 5 aromatic rings. The number of fused-ring (bicyclic) bond motifs is 1. The van der Waals surface area contributed by atoms with Crippen LogP contribution < -0.4 is 0 Å². The number of aryl methyl sites for hydroxylation is 2. The smallest absolute Gasteiger partial charge is 0.192 e. The highest BCUT2D eigenvalue weighted by Gasteiger charge is 2.18. The van der Waals surface area contributed by atoms with Crippen molar-refractivity contribution in [2.24, 2.45) is 0 Å². The van der Waals surface area contributed by atoms with E-state index in [-0.39, 0.29) is 0 Å². The van der Waals surface area contributed by atoms with Crippen LogP contribution in [0.15, 0.2) is 77.5 Å². The van der Waals surface area contributed by atoms with Crippen molar-refractivity contribution in [3.63, 3.8) is 0 Å². The van der Waals surface area contributed by atoms with Gasteiger partial charge in [-0.1, -0.05) is 54.6 Å². The molecule has 0 spiro atoms. The Morgan fingerprint density at radius 3 is 2.46 bits per heavy atom. The fourth-order valence-corrected chi connectivity index (χ4v) is 3.65. The van der Waals surface area contributed by atoms with Gasteiger partial charge in [0.2, 0.25) is 0 Å². The number of benzene rings is 3. The molecule has 0 bridgehead atoms. The SMILES string of the molecule is Cc1nc2c(-c3nncn3-c3c(C)cccc3-c3ccccc3)cccc2o1. The standard InChI is InChI=1S/C23H18N4O/c1-15-8-6-11-18(17-9-4-3-5-10-17)22(15)27-14-24-26-23(27)19-12-7-13-20-21(19)25-16(2)28-20/h3-14H,1-2H3. The van der Waals surface area contributed by atoms with Crippen LogP contribution in [0, 0.1) is 13.8 Å². The van der Waals surface area contributed by atoms with Crippen LogP contribution in [0.1, 0.15) is 11.5 Å². The number of nitrogens with zero attached hydrogens (tertiary/aromatic N) is 4. The monoisotopic (exact) mass is 366 g/mol. The molecule has 0 radical (unpaired) electrons. The van der Waals surface area contributed by atoms with Crippen LogP contribution in [0.3, 0.4) is 0 Å². The second-order valence-corrected chi connectivity index (χ2v) is 6.75. The van der Waals surface area contributed by atoms with Crippen LogP contribution in [-0.2, 0) is 0 Å². The highest BCUT2D eigenvalue weighted by atomic mass is 16.3. The summed E-state index contributed by atoms with van der Waals surface area (Å²) in [5.74, 6) is 1.37. The number of hydrogen-bond acceptors (Lipinski definition) is 4. The molecule has 0 amide bonds. The molecule has 0 aliphatic carbocycles. The van der Waals surface area contributed by atoms with Crippen LogP contribution in [0.25, 0.3) is 39.3 Å². The Balaban J connectivity index is 1.77. The molecule has 5 nitrogen and oxygen atoms in total. The number of hydrogen-bond donors (Lipinski definition) is 0. The van der Waals surface area contributed by atoms with Crippen molar-refractivity contribution >= 4 is 11.1 Å². The summed E-state index contributed by atoms with van der Waals surface area (Å²) in [4.78, 5) is 4.56. The third kappa shape index (κ3) is 2.60. The topological polar surface area (TPSA) is 56.7 Å². The number of oxazole rings is 1. The summed E-state index contributed by atoms with van der Waals surface area (Å²) in [5, 5.41) is 8.65. The van der Waals surface area contributed by atoms with Crippen LogP contribution in [0.4, 0.5) is 0 Å². The van der Waals surface area contributed by atoms with Gasteiger partial charge in [0, 0.05) is 18.1 Å². The van der Waals surface area contributed by atoms with Gasteiger partial charge in [0.15, 0.2) is 17.3 Å². The van der Waals surface area contributed by atoms with E-state index in [4.69, 9.17) is 4.42 Å². The van der Waals surface area contributed by atoms with Crippen molar-refractivity contribution in [3.8, 4) is 28.2 Å². The van der Waals surface area contributed by atoms with Gasteiger partial charge in [0.25, 0.3) is 0 Å². The first-order valence-corrected chi connectivity index (χ1v) is 9.14. The lowest BCUT2D eigenvalue weighted by Gasteiger charge is -2.15. The quantitative estimate of drug-likeness (QED) is 0.431. The van der Waals surface area contributed by atoms with Crippen molar-refractivity contribution in [1.82, 2.24) is 19.7 Å². The van der Waals surface area contributed by atoms with Crippen LogP contribution >= 0.6 is 0 Å². The lowest BCUT2D eigenvalue weighted by Crippen LogP contribution is -2.02. The number of para-hydroxylation sites is 2. The minimum Gasteiger partial charge on any atom is -0.441 e. The van der Waals surface area contributed by atoms with Gasteiger partial charge in [-0.05, 0) is 30.2 Å². The molecule has 0 N–H and O–H groups in total. The van der Waals surface area contributed by atoms with Gasteiger partial charge in [-0.3, -0.25) is 4.57 Å². The van der Waals surface area contributed by atoms with E-state index in [9.17, 15) is 0 Å². The first kappa shape index (κ1) is 16.4. The van der Waals surface area contributed by atoms with Gasteiger partial charge in [-0.25, -0.2) is 4.98 Å². The maximum absolute atomic E-state index is 5.70. The molecular formula is C23H18N4O. The Labute approximate surface area is 162 Å². The molecule has 28 heavy (non-hydrogen) atoms. The predicted octanol–water partition coefficient (Wildman–Crippen LogP) is 5.36. The van der Waals surface area contributed by atoms with E-state index < -0.39 is 0 Å². The fourth-order valence-electron chi connectivity index (χ4n) is 3.65. The molecule has 0 atom stereocenters. The average Bonchev–Trinajstić information content (AvgIpc) is 3.34. The Bertz CT molecular complexity index is 1280. The first-order valence-electron chi connectivity index (χ1n) is 9.14. The van der Waals surface area contributed by atoms with Gasteiger partial charge in [0.1, 0.15) is 11.8 Å². The number of aromatic nitrogens is 4. The maximum Gasteiger partial charge on any atom is 0.192 e. The van der Waals surface area contributed by atoms with E-state index >= 15 is 0 Å². The normalized spacial score (nSPS) is 11.2. The molecule has 136 valence electrons. The van der Waals surface area contributed by atoms with Crippen LogP contribution in [0.5, 0.6) is 0 Å². The Kier molecular flexibility index (Phi) is 3.79. The molecule has 5 heteroatoms. The molecule has 5 rings (SSSR count). The molecule has 0 fully saturated rings. The summed E-state index contributed by atoms with van der Waals surface area (Å²) in [7, 11) is 0. The summed E-state index contributed by atoms with van der Waals surface area (Å²) >= 11 is 0. The Morgan fingerprint density at radius 2 is 1.61 bits per heavy atom. The zero-order valence-electron chi connectivity index (χ0n) is 15.6. The summed E-state index contributed by atoms with van der Waals surface area (Å²) in [6, 6.07) is 22.5. The van der Waals surface area contributed by atoms with E-state index in [1.165, 1.54) is 0 Å². The fraction of sp³-hybridized carbons (Fsp3) is 0.0870. The average molecular weight is 366 g/mol. The van der Waals surface area contributed by atoms with Crippen molar-refractivity contribution in [2.75, 3.05) is 0 Å². The van der Waals surface area contributed by atoms with Gasteiger partial charge in [0.05, 0.1) is 5.69 Å². The zero-order chi connectivity index (χ0) is 19.1. The molecule has 2 heterocycles. The molecule has 2 aromatic heterocycles. The van der Waals surface area contributed by atoms with Gasteiger partial charge < -0.3 is 4.42 Å². The predicted molar refractivity (Wildman–Crippen MR) is 109 cm³/mol. The van der Waals surface area contributed by atoms with Crippen molar-refractivity contribution in [2.45, 2.75) is 13.8 Å². The molecular weight excluding hydrogens is 348 g/mol. The van der Waals surface area contributed by atoms with Crippen LogP contribution in [-0.4, -0.2) is 19.7 Å². The summed E-state index contributed by atoms with van der Waals surface area (Å²) in [6.07, 6.45) is 1.76. The lowest BCUT2D eigenvalue weighted by atomic mass is 10.00. The molecule has 3 aromatic carbocycles. The van der Waals surface area contributed by atoms with Crippen LogP contribution in [0.2, 0.25) is 0 Å². The third-order valence-corrected chi connectivity index (χ3v) is 4.88. The number of rotatable bonds is 3. The highest BCUT2D eigenvalue weighted by molar-refractivity contribution is 5.89. The second kappa shape index (κ2) is 6.46. The van der Waals surface area contributed by atoms with Gasteiger partial charge >= 0.3 is 0 Å². The molecule has 0 unspecified atom stereocenters. The molecule has 0 saturated heterocycles. The minimum atomic E-state index is 0.634. The maximum atomic E-state index is 5.70. The molecule has 0 saturated carbocycles. The summed E-state index contributed by atoms with van der Waals surface area (Å²) in [5.41, 5.74) is 6.93. The van der Waals surface area contributed by atoms with E-state index in [2.05, 4.69) is 52.4 Å². The van der Waals surface area contributed by atoms with E-state index in [0.29, 0.717) is 5.89 Å². The minimum absolute atomic E-state index is 0.634. The summed E-state index contributed by atoms with van der Waals surface area (Å²) in [6.45, 7) is 3.95. The largest absolute Gasteiger partial charge is 0.441 e. The van der Waals surface area contributed by atoms with E-state index in [1.54, 1.807) is 6.33 Å². The summed E-state index contributed by atoms with van der Waals surface area (Å²) < 4.78 is 7.74. The molecule has 0 aliphatic heterocycles. The van der Waals surface area contributed by atoms with Crippen molar-refractivity contribution in [1.29, 1.82) is 0 Å². The molecule has 0 aliphatic rings. The highest BCUT2D eigenvalue weighted by Crippen LogP contribution is 2.34. The Hall–Kier alpha value is -3.73. The van der Waals surface area contributed by atoms with E-state index in [1.807, 2.05) is 47.9 Å². The second-order valence-electron chi connectivity index (χ2n) is 6.75. The van der Waals surface area contributed by atoms with Gasteiger partial charge in [-0.15, -0.1) is 10.2 Å².